The van der Waals surface area contributed by atoms with Crippen LogP contribution in [0, 0.1) is 6.92 Å². The zero-order chi connectivity index (χ0) is 28.1. The van der Waals surface area contributed by atoms with Crippen LogP contribution in [0.15, 0.2) is 72.3 Å². The molecule has 1 saturated heterocycles. The van der Waals surface area contributed by atoms with E-state index in [1.807, 2.05) is 45.0 Å². The van der Waals surface area contributed by atoms with Crippen LogP contribution < -0.4 is 9.47 Å². The molecule has 8 nitrogen and oxygen atoms in total. The Hall–Kier alpha value is -4.59. The molecule has 3 aromatic carbocycles. The number of aliphatic hydroxyl groups is 1. The molecule has 39 heavy (non-hydrogen) atoms. The summed E-state index contributed by atoms with van der Waals surface area (Å²) in [4.78, 5) is 40.2. The molecule has 1 unspecified atom stereocenters. The molecule has 1 fully saturated rings. The lowest BCUT2D eigenvalue weighted by Crippen LogP contribution is -2.29. The normalized spacial score (nSPS) is 16.3. The van der Waals surface area contributed by atoms with E-state index >= 15 is 0 Å². The van der Waals surface area contributed by atoms with Crippen molar-refractivity contribution in [3.05, 3.63) is 100 Å². The third kappa shape index (κ3) is 5.50. The zero-order valence-corrected chi connectivity index (χ0v) is 22.4. The van der Waals surface area contributed by atoms with Crippen molar-refractivity contribution in [2.75, 3.05) is 20.3 Å². The predicted molar refractivity (Wildman–Crippen MR) is 146 cm³/mol. The van der Waals surface area contributed by atoms with Crippen LogP contribution in [0.3, 0.4) is 0 Å². The summed E-state index contributed by atoms with van der Waals surface area (Å²) in [5.41, 5.74) is 2.92. The number of Topliss-reactive ketones (excluding diaryl/α,β-unsaturated/α-hetero) is 1. The minimum atomic E-state index is -0.840. The van der Waals surface area contributed by atoms with Crippen molar-refractivity contribution >= 4 is 23.4 Å². The molecule has 3 aromatic rings. The molecular formula is C31H31NO7. The van der Waals surface area contributed by atoms with Gasteiger partial charge < -0.3 is 24.2 Å². The number of carbonyl (C=O) groups excluding carboxylic acids is 3. The van der Waals surface area contributed by atoms with Gasteiger partial charge in [-0.2, -0.15) is 0 Å². The molecule has 0 spiro atoms. The highest BCUT2D eigenvalue weighted by atomic mass is 16.5. The quantitative estimate of drug-likeness (QED) is 0.176. The first-order valence-corrected chi connectivity index (χ1v) is 12.7. The van der Waals surface area contributed by atoms with Gasteiger partial charge in [0.15, 0.2) is 0 Å². The topological polar surface area (TPSA) is 102 Å². The molecule has 1 amide bonds. The van der Waals surface area contributed by atoms with Crippen molar-refractivity contribution in [3.8, 4) is 11.5 Å². The molecule has 0 bridgehead atoms. The Kier molecular flexibility index (Phi) is 8.34. The van der Waals surface area contributed by atoms with Gasteiger partial charge in [0, 0.05) is 12.6 Å². The number of esters is 1. The number of hydrogen-bond donors (Lipinski definition) is 1. The van der Waals surface area contributed by atoms with Crippen molar-refractivity contribution in [2.45, 2.75) is 33.4 Å². The first-order valence-electron chi connectivity index (χ1n) is 12.7. The highest BCUT2D eigenvalue weighted by Gasteiger charge is 2.46. The van der Waals surface area contributed by atoms with Crippen molar-refractivity contribution in [1.29, 1.82) is 0 Å². The zero-order valence-electron chi connectivity index (χ0n) is 22.4. The first-order chi connectivity index (χ1) is 18.8. The molecule has 1 aliphatic rings. The van der Waals surface area contributed by atoms with Crippen LogP contribution in [-0.2, 0) is 20.9 Å². The number of benzene rings is 3. The summed E-state index contributed by atoms with van der Waals surface area (Å²) in [6, 6.07) is 18.2. The summed E-state index contributed by atoms with van der Waals surface area (Å²) in [5.74, 6) is -1.41. The second kappa shape index (κ2) is 11.9. The number of ether oxygens (including phenoxy) is 3. The van der Waals surface area contributed by atoms with E-state index in [1.165, 1.54) is 12.0 Å². The lowest BCUT2D eigenvalue weighted by Gasteiger charge is -2.27. The van der Waals surface area contributed by atoms with E-state index in [2.05, 4.69) is 0 Å². The second-order valence-electron chi connectivity index (χ2n) is 9.00. The highest BCUT2D eigenvalue weighted by molar-refractivity contribution is 6.46. The standard InChI is InChI=1S/C31H31NO7/c1-5-38-22-15-16-24(25(17-22)39-6-2)28(33)26-27(23-10-8-7-9-19(23)3)32(30(35)29(26)34)18-20-11-13-21(14-12-20)31(36)37-4/h7-17,27,33H,5-6,18H2,1-4H3/b28-26+. The second-order valence-corrected chi connectivity index (χ2v) is 9.00. The van der Waals surface area contributed by atoms with Crippen LogP contribution in [0.4, 0.5) is 0 Å². The average molecular weight is 530 g/mol. The summed E-state index contributed by atoms with van der Waals surface area (Å²) in [6.07, 6.45) is 0. The Morgan fingerprint density at radius 2 is 1.64 bits per heavy atom. The van der Waals surface area contributed by atoms with Gasteiger partial charge in [-0.15, -0.1) is 0 Å². The fourth-order valence-corrected chi connectivity index (χ4v) is 4.70. The maximum absolute atomic E-state index is 13.5. The molecule has 1 aliphatic heterocycles. The fourth-order valence-electron chi connectivity index (χ4n) is 4.70. The van der Waals surface area contributed by atoms with Gasteiger partial charge in [-0.05, 0) is 61.7 Å². The van der Waals surface area contributed by atoms with Crippen molar-refractivity contribution in [2.24, 2.45) is 0 Å². The van der Waals surface area contributed by atoms with Crippen LogP contribution in [0.1, 0.15) is 52.5 Å². The summed E-state index contributed by atoms with van der Waals surface area (Å²) in [6.45, 7) is 6.44. The van der Waals surface area contributed by atoms with Crippen LogP contribution in [-0.4, -0.2) is 48.0 Å². The van der Waals surface area contributed by atoms with Crippen molar-refractivity contribution < 1.29 is 33.7 Å². The largest absolute Gasteiger partial charge is 0.507 e. The Morgan fingerprint density at radius 3 is 2.28 bits per heavy atom. The van der Waals surface area contributed by atoms with Gasteiger partial charge in [-0.1, -0.05) is 36.4 Å². The fraction of sp³-hybridized carbons (Fsp3) is 0.258. The molecular weight excluding hydrogens is 498 g/mol. The number of methoxy groups -OCH3 is 1. The molecule has 0 aromatic heterocycles. The van der Waals surface area contributed by atoms with Gasteiger partial charge in [0.05, 0.1) is 43.1 Å². The van der Waals surface area contributed by atoms with E-state index in [-0.39, 0.29) is 17.9 Å². The SMILES string of the molecule is CCOc1ccc(/C(O)=C2\C(=O)C(=O)N(Cc3ccc(C(=O)OC)cc3)C2c2ccccc2C)c(OCC)c1. The maximum atomic E-state index is 13.5. The molecule has 1 heterocycles. The third-order valence-corrected chi connectivity index (χ3v) is 6.57. The molecule has 202 valence electrons. The Labute approximate surface area is 227 Å². The smallest absolute Gasteiger partial charge is 0.337 e. The van der Waals surface area contributed by atoms with Gasteiger partial charge in [0.1, 0.15) is 17.3 Å². The number of carbonyl (C=O) groups is 3. The van der Waals surface area contributed by atoms with Gasteiger partial charge in [0.2, 0.25) is 0 Å². The van der Waals surface area contributed by atoms with Crippen molar-refractivity contribution in [3.63, 3.8) is 0 Å². The number of likely N-dealkylation sites (tertiary alicyclic amines) is 1. The Balaban J connectivity index is 1.84. The number of rotatable bonds is 9. The van der Waals surface area contributed by atoms with Gasteiger partial charge in [0.25, 0.3) is 11.7 Å². The highest BCUT2D eigenvalue weighted by Crippen LogP contribution is 2.43. The molecule has 1 N–H and O–H groups in total. The van der Waals surface area contributed by atoms with E-state index < -0.39 is 23.7 Å². The number of nitrogens with zero attached hydrogens (tertiary/aromatic N) is 1. The molecule has 0 saturated carbocycles. The summed E-state index contributed by atoms with van der Waals surface area (Å²) in [5, 5.41) is 11.6. The number of ketones is 1. The average Bonchev–Trinajstić information content (AvgIpc) is 3.18. The number of amides is 1. The van der Waals surface area contributed by atoms with Gasteiger partial charge in [-0.25, -0.2) is 4.79 Å². The van der Waals surface area contributed by atoms with E-state index in [9.17, 15) is 19.5 Å². The van der Waals surface area contributed by atoms with Crippen molar-refractivity contribution in [1.82, 2.24) is 4.90 Å². The minimum absolute atomic E-state index is 0.0226. The molecule has 8 heteroatoms. The predicted octanol–water partition coefficient (Wildman–Crippen LogP) is 5.20. The summed E-state index contributed by atoms with van der Waals surface area (Å²) >= 11 is 0. The Morgan fingerprint density at radius 1 is 0.949 bits per heavy atom. The number of aliphatic hydroxyl groups excluding tert-OH is 1. The number of hydrogen-bond acceptors (Lipinski definition) is 7. The van der Waals surface area contributed by atoms with E-state index in [4.69, 9.17) is 14.2 Å². The van der Waals surface area contributed by atoms with Gasteiger partial charge in [-0.3, -0.25) is 9.59 Å². The minimum Gasteiger partial charge on any atom is -0.507 e. The van der Waals surface area contributed by atoms with Crippen LogP contribution in [0.2, 0.25) is 0 Å². The number of aryl methyl sites for hydroxylation is 1. The van der Waals surface area contributed by atoms with Crippen LogP contribution in [0.5, 0.6) is 11.5 Å². The molecule has 4 rings (SSSR count). The van der Waals surface area contributed by atoms with Crippen LogP contribution >= 0.6 is 0 Å². The summed E-state index contributed by atoms with van der Waals surface area (Å²) < 4.78 is 16.1. The maximum Gasteiger partial charge on any atom is 0.337 e. The molecule has 0 radical (unpaired) electrons. The Bertz CT molecular complexity index is 1430. The van der Waals surface area contributed by atoms with Gasteiger partial charge >= 0.3 is 5.97 Å². The van der Waals surface area contributed by atoms with Crippen LogP contribution in [0.25, 0.3) is 5.76 Å². The molecule has 1 atom stereocenters. The summed E-state index contributed by atoms with van der Waals surface area (Å²) in [7, 11) is 1.30. The lowest BCUT2D eigenvalue weighted by molar-refractivity contribution is -0.140. The van der Waals surface area contributed by atoms with E-state index in [1.54, 1.807) is 42.5 Å². The van der Waals surface area contributed by atoms with E-state index in [0.29, 0.717) is 47.0 Å². The lowest BCUT2D eigenvalue weighted by atomic mass is 9.92. The molecule has 0 aliphatic carbocycles. The third-order valence-electron chi connectivity index (χ3n) is 6.57. The first kappa shape index (κ1) is 27.4. The monoisotopic (exact) mass is 529 g/mol. The van der Waals surface area contributed by atoms with E-state index in [0.717, 1.165) is 5.56 Å².